The molecule has 0 aromatic carbocycles. The van der Waals surface area contributed by atoms with Crippen molar-refractivity contribution in [2.45, 2.75) is 180 Å². The average molecular weight is 1140 g/mol. The first-order valence-electron chi connectivity index (χ1n) is 22.8. The van der Waals surface area contributed by atoms with E-state index in [1.165, 1.54) is 13.2 Å². The van der Waals surface area contributed by atoms with Gasteiger partial charge in [-0.25, -0.2) is 19.3 Å². The summed E-state index contributed by atoms with van der Waals surface area (Å²) in [6, 6.07) is 0. The van der Waals surface area contributed by atoms with Crippen LogP contribution in [-0.2, 0) is 56.4 Å². The second-order valence-corrected chi connectivity index (χ2v) is 20.6. The van der Waals surface area contributed by atoms with Crippen molar-refractivity contribution in [3.05, 3.63) is 49.1 Å². The zero-order valence-corrected chi connectivity index (χ0v) is 40.6. The van der Waals surface area contributed by atoms with E-state index in [1.54, 1.807) is 20.8 Å². The summed E-state index contributed by atoms with van der Waals surface area (Å²) in [5.74, 6) is -4.46. The van der Waals surface area contributed by atoms with E-state index in [2.05, 4.69) is 54.3 Å². The number of hydrogen-bond acceptors (Lipinski definition) is 16. The molecule has 9 aliphatic rings. The summed E-state index contributed by atoms with van der Waals surface area (Å²) >= 11 is 2.88. The van der Waals surface area contributed by atoms with Crippen LogP contribution in [0.5, 0.6) is 0 Å². The van der Waals surface area contributed by atoms with Crippen molar-refractivity contribution in [1.29, 1.82) is 0 Å². The summed E-state index contributed by atoms with van der Waals surface area (Å²) in [6.07, 6.45) is 19.7. The lowest BCUT2D eigenvalue weighted by Gasteiger charge is -2.54. The molecule has 0 spiro atoms. The second-order valence-electron chi connectivity index (χ2n) is 19.0. The van der Waals surface area contributed by atoms with Crippen LogP contribution in [-0.4, -0.2) is 121 Å². The molecule has 0 saturated carbocycles. The number of hydrogen-bond donors (Lipinski definition) is 6. The summed E-state index contributed by atoms with van der Waals surface area (Å²) in [4.78, 5) is 77.9. The van der Waals surface area contributed by atoms with Gasteiger partial charge in [-0.2, -0.15) is 0 Å². The topological polar surface area (TPSA) is 255 Å². The number of aliphatic hydroxyl groups excluding tert-OH is 3. The minimum Gasteiger partial charge on any atom is -0.453 e. The smallest absolute Gasteiger partial charge is 0.339 e. The number of fused-ring (bicyclic) bond motifs is 3. The molecule has 6 aliphatic heterocycles. The van der Waals surface area contributed by atoms with Gasteiger partial charge in [-0.1, -0.05) is 102 Å². The van der Waals surface area contributed by atoms with Gasteiger partial charge in [0.1, 0.15) is 0 Å². The predicted molar refractivity (Wildman–Crippen MR) is 278 cm³/mol. The quantitative estimate of drug-likeness (QED) is 0.0122. The first kappa shape index (κ1) is 63.7. The Morgan fingerprint density at radius 3 is 1.37 bits per heavy atom. The van der Waals surface area contributed by atoms with Crippen LogP contribution >= 0.6 is 34.9 Å². The maximum Gasteiger partial charge on any atom is 0.339 e. The van der Waals surface area contributed by atoms with Gasteiger partial charge in [-0.15, -0.1) is 10.9 Å². The number of carbonyl (C=O) groups excluding carboxylic acids is 6. The van der Waals surface area contributed by atoms with Crippen molar-refractivity contribution in [1.82, 2.24) is 16.0 Å². The Kier molecular flexibility index (Phi) is 22.2. The molecule has 3 amide bonds. The number of nitrogens with one attached hydrogen (secondary N) is 3. The van der Waals surface area contributed by atoms with Crippen molar-refractivity contribution in [2.24, 2.45) is 35.5 Å². The van der Waals surface area contributed by atoms with E-state index in [0.29, 0.717) is 25.2 Å². The molecule has 6 fully saturated rings. The fourth-order valence-corrected chi connectivity index (χ4v) is 12.8. The molecule has 0 bridgehead atoms. The van der Waals surface area contributed by atoms with E-state index in [-0.39, 0.29) is 85.1 Å². The van der Waals surface area contributed by atoms with Gasteiger partial charge in [0, 0.05) is 22.2 Å². The minimum absolute atomic E-state index is 0. The zero-order valence-electron chi connectivity index (χ0n) is 37.7. The molecule has 9 rings (SSSR count). The van der Waals surface area contributed by atoms with Gasteiger partial charge in [0.05, 0.1) is 49.8 Å². The number of rotatable bonds is 15. The molecule has 20 heteroatoms. The first-order chi connectivity index (χ1) is 31.4. The van der Waals surface area contributed by atoms with E-state index in [9.17, 15) is 44.1 Å². The van der Waals surface area contributed by atoms with Crippen molar-refractivity contribution < 1.29 is 71.7 Å². The van der Waals surface area contributed by atoms with Gasteiger partial charge in [0.25, 0.3) is 0 Å². The Bertz CT molecular complexity index is 2040. The number of amides is 3. The normalized spacial score (nSPS) is 38.4. The predicted octanol–water partition coefficient (Wildman–Crippen LogP) is 6.25. The van der Waals surface area contributed by atoms with Crippen LogP contribution in [0, 0.1) is 35.5 Å². The Hall–Kier alpha value is -3.38. The molecule has 3 aliphatic carbocycles. The number of halogens is 1. The molecule has 0 aromatic heterocycles. The number of allylic oxidation sites excluding steroid dienone is 3. The van der Waals surface area contributed by atoms with E-state index in [4.69, 9.17) is 18.4 Å². The maximum absolute atomic E-state index is 12.5. The third-order valence-electron chi connectivity index (χ3n) is 15.7. The van der Waals surface area contributed by atoms with Crippen molar-refractivity contribution in [2.75, 3.05) is 18.1 Å². The van der Waals surface area contributed by atoms with Crippen LogP contribution in [0.4, 0.5) is 0 Å². The van der Waals surface area contributed by atoms with Gasteiger partial charge in [-0.05, 0) is 91.4 Å². The molecule has 0 aromatic rings. The Balaban J connectivity index is 0.000000355. The summed E-state index contributed by atoms with van der Waals surface area (Å²) in [7, 11) is 1.35. The van der Waals surface area contributed by atoms with Gasteiger partial charge in [0.15, 0.2) is 29.1 Å². The Morgan fingerprint density at radius 1 is 0.662 bits per heavy atom. The third kappa shape index (κ3) is 9.90. The molecular weight excluding hydrogens is 1050 g/mol. The standard InChI is InChI=1S/C16H23NO7S.C15H20INO4.C15H19NO4.5CH4/c1-15-11(8-9-22-25-24-21-2)13(19)17-16(15,14(20)23-15)12(18)10-6-4-3-5-7-10;1-14-10(7-8-16)12(19)17-15(14,13(20)21-14)11(18)9-5-3-2-4-6-9;1-3-10-12(18)16-15(13(19)20-14(10,15)2)11(17)9-7-5-4-6-8-9;;;;;/h4,6,10-12,18H,3,5,7-9H2,1-2H3,(H,17,19);3,5,9-11,18H,2,4,6-8H2,1H3,(H,17,19);3,5,7,9-11,17H,1,4,6,8H2,2H3,(H,16,18);5*1H4/t10-,11+,12+,15+,16+;2*9-,10+,11+,14+,15+;;;;;/m111...../s1. The summed E-state index contributed by atoms with van der Waals surface area (Å²) in [5, 5.41) is 40.7. The number of aliphatic hydroxyl groups is 3. The summed E-state index contributed by atoms with van der Waals surface area (Å²) in [6.45, 7) is 9.01. The lowest BCUT2D eigenvalue weighted by Crippen LogP contribution is -2.80. The van der Waals surface area contributed by atoms with E-state index >= 15 is 0 Å². The molecule has 6 heterocycles. The molecule has 15 atom stereocenters. The minimum atomic E-state index is -1.39. The Labute approximate surface area is 439 Å². The van der Waals surface area contributed by atoms with E-state index < -0.39 is 81.5 Å². The molecule has 0 radical (unpaired) electrons. The van der Waals surface area contributed by atoms with Crippen LogP contribution in [0.25, 0.3) is 0 Å². The lowest BCUT2D eigenvalue weighted by atomic mass is 9.64. The molecular formula is C51H82IN3O15S. The van der Waals surface area contributed by atoms with Crippen LogP contribution in [0.15, 0.2) is 49.1 Å². The van der Waals surface area contributed by atoms with Crippen molar-refractivity contribution in [3.63, 3.8) is 0 Å². The van der Waals surface area contributed by atoms with E-state index in [0.717, 1.165) is 62.2 Å². The number of ether oxygens (including phenoxy) is 3. The number of carbonyl (C=O) groups is 6. The SMILES string of the molecule is C.C.C.C.C.C=C[C@H]1C(=O)N[C@@]2([C@@H](O)[C@@H]3C=CCCC3)C(=O)O[C@@]12C.COOSOCC[C@H]1C(=O)N[C@@]2([C@@H](O)[C@@H]3C=CCCC3)C(=O)O[C@@]12C.C[C@@]12OC(=O)[C@]1([C@@H](O)[C@@H]1C=CCCC1)NC(=O)[C@@H]2CCI. The van der Waals surface area contributed by atoms with Crippen LogP contribution in [0.2, 0.25) is 0 Å². The zero-order chi connectivity index (χ0) is 47.9. The van der Waals surface area contributed by atoms with Gasteiger partial charge in [-0.3, -0.25) is 18.6 Å². The van der Waals surface area contributed by atoms with Gasteiger partial charge >= 0.3 is 17.9 Å². The van der Waals surface area contributed by atoms with Crippen molar-refractivity contribution >= 4 is 70.5 Å². The van der Waals surface area contributed by atoms with E-state index in [1.807, 2.05) is 36.5 Å². The van der Waals surface area contributed by atoms with Crippen LogP contribution in [0.1, 0.15) is 129 Å². The largest absolute Gasteiger partial charge is 0.453 e. The maximum atomic E-state index is 12.5. The molecule has 6 saturated heterocycles. The molecule has 71 heavy (non-hydrogen) atoms. The number of esters is 3. The van der Waals surface area contributed by atoms with Crippen LogP contribution < -0.4 is 16.0 Å². The summed E-state index contributed by atoms with van der Waals surface area (Å²) in [5.41, 5.74) is -7.08. The Morgan fingerprint density at radius 2 is 1.03 bits per heavy atom. The molecule has 0 unspecified atom stereocenters. The second kappa shape index (κ2) is 24.8. The fourth-order valence-electron chi connectivity index (χ4n) is 11.9. The summed E-state index contributed by atoms with van der Waals surface area (Å²) < 4.78 is 26.5. The molecule has 18 nitrogen and oxygen atoms in total. The first-order valence-corrected chi connectivity index (χ1v) is 25.0. The molecule has 404 valence electrons. The van der Waals surface area contributed by atoms with Gasteiger partial charge in [0.2, 0.25) is 34.3 Å². The lowest BCUT2D eigenvalue weighted by molar-refractivity contribution is -0.239. The van der Waals surface area contributed by atoms with Crippen molar-refractivity contribution in [3.8, 4) is 0 Å². The van der Waals surface area contributed by atoms with Crippen LogP contribution in [0.3, 0.4) is 0 Å². The highest BCUT2D eigenvalue weighted by Gasteiger charge is 2.81. The third-order valence-corrected chi connectivity index (χ3v) is 16.8. The van der Waals surface area contributed by atoms with Gasteiger partial charge < -0.3 is 45.5 Å². The fraction of sp³-hybridized carbons (Fsp3) is 0.725. The number of alkyl halides is 1. The molecule has 6 N–H and O–H groups in total. The average Bonchev–Trinajstić information content (AvgIpc) is 3.70. The highest BCUT2D eigenvalue weighted by atomic mass is 127. The highest BCUT2D eigenvalue weighted by molar-refractivity contribution is 14.1. The monoisotopic (exact) mass is 1140 g/mol. The highest BCUT2D eigenvalue weighted by Crippen LogP contribution is 2.56.